The molecule has 0 amide bonds. The minimum absolute atomic E-state index is 0.250. The van der Waals surface area contributed by atoms with Crippen molar-refractivity contribution in [1.82, 2.24) is 0 Å². The summed E-state index contributed by atoms with van der Waals surface area (Å²) in [6.45, 7) is 4.98. The maximum Gasteiger partial charge on any atom is 0.318 e. The molecule has 0 aromatic rings. The molecule has 3 nitrogen and oxygen atoms in total. The normalized spacial score (nSPS) is 9.70. The highest BCUT2D eigenvalue weighted by molar-refractivity contribution is 7.82. The van der Waals surface area contributed by atoms with E-state index in [1.54, 1.807) is 6.92 Å². The lowest BCUT2D eigenvalue weighted by molar-refractivity contribution is -0.138. The van der Waals surface area contributed by atoms with E-state index in [1.807, 2.05) is 0 Å². The van der Waals surface area contributed by atoms with Gasteiger partial charge in [0.05, 0.1) is 0 Å². The minimum atomic E-state index is -0.893. The zero-order chi connectivity index (χ0) is 8.78. The number of hydrogen-bond donors (Lipinski definition) is 3. The van der Waals surface area contributed by atoms with Crippen molar-refractivity contribution in [2.45, 2.75) is 25.5 Å². The van der Waals surface area contributed by atoms with Crippen molar-refractivity contribution >= 4 is 18.6 Å². The molecule has 0 heterocycles. The number of aliphatic carboxylic acids is 1. The molecule has 0 spiro atoms. The minimum Gasteiger partial charge on any atom is -0.480 e. The van der Waals surface area contributed by atoms with Gasteiger partial charge in [0, 0.05) is 6.61 Å². The molecule has 10 heavy (non-hydrogen) atoms. The van der Waals surface area contributed by atoms with E-state index < -0.39 is 10.7 Å². The van der Waals surface area contributed by atoms with Crippen LogP contribution < -0.4 is 0 Å². The molecule has 0 fully saturated rings. The second-order valence-electron chi connectivity index (χ2n) is 2.18. The third-order valence-electron chi connectivity index (χ3n) is 0.523. The van der Waals surface area contributed by atoms with E-state index in [-0.39, 0.29) is 6.61 Å². The van der Waals surface area contributed by atoms with Gasteiger partial charge in [-0.15, -0.1) is 0 Å². The van der Waals surface area contributed by atoms with Crippen LogP contribution in [0.5, 0.6) is 0 Å². The van der Waals surface area contributed by atoms with Crippen LogP contribution in [-0.4, -0.2) is 27.5 Å². The van der Waals surface area contributed by atoms with Crippen molar-refractivity contribution in [2.75, 3.05) is 6.61 Å². The van der Waals surface area contributed by atoms with Crippen molar-refractivity contribution < 1.29 is 15.0 Å². The van der Waals surface area contributed by atoms with Crippen LogP contribution >= 0.6 is 12.6 Å². The lowest BCUT2D eigenvalue weighted by atomic mass is 10.2. The van der Waals surface area contributed by atoms with E-state index in [0.717, 1.165) is 0 Å². The average molecular weight is 166 g/mol. The quantitative estimate of drug-likeness (QED) is 0.504. The summed E-state index contributed by atoms with van der Waals surface area (Å²) >= 11 is 3.75. The number of carboxylic acids is 1. The van der Waals surface area contributed by atoms with Crippen molar-refractivity contribution in [2.24, 2.45) is 0 Å². The molecule has 0 unspecified atom stereocenters. The Morgan fingerprint density at radius 2 is 1.70 bits per heavy atom. The van der Waals surface area contributed by atoms with Crippen LogP contribution in [0, 0.1) is 0 Å². The molecule has 4 heteroatoms. The molecule has 0 radical (unpaired) electrons. The van der Waals surface area contributed by atoms with Crippen molar-refractivity contribution in [3.05, 3.63) is 0 Å². The Morgan fingerprint density at radius 3 is 1.70 bits per heavy atom. The van der Waals surface area contributed by atoms with E-state index in [4.69, 9.17) is 10.2 Å². The predicted octanol–water partition coefficient (Wildman–Crippen LogP) is 0.778. The van der Waals surface area contributed by atoms with Crippen LogP contribution in [0.4, 0.5) is 0 Å². The highest BCUT2D eigenvalue weighted by atomic mass is 32.1. The summed E-state index contributed by atoms with van der Waals surface area (Å²) in [5, 5.41) is 15.7. The third kappa shape index (κ3) is 10.7. The van der Waals surface area contributed by atoms with Crippen LogP contribution in [0.3, 0.4) is 0 Å². The number of hydrogen-bond acceptors (Lipinski definition) is 3. The number of rotatable bonds is 1. The van der Waals surface area contributed by atoms with Gasteiger partial charge in [0.25, 0.3) is 0 Å². The summed E-state index contributed by atoms with van der Waals surface area (Å²) in [6, 6.07) is 0. The highest BCUT2D eigenvalue weighted by Gasteiger charge is 2.20. The summed E-state index contributed by atoms with van der Waals surface area (Å²) in [5.41, 5.74) is 0. The average Bonchev–Trinajstić information content (AvgIpc) is 1.64. The van der Waals surface area contributed by atoms with Gasteiger partial charge in [0.1, 0.15) is 4.75 Å². The topological polar surface area (TPSA) is 57.5 Å². The van der Waals surface area contributed by atoms with E-state index in [9.17, 15) is 4.79 Å². The van der Waals surface area contributed by atoms with Crippen LogP contribution in [0.1, 0.15) is 20.8 Å². The molecule has 0 aromatic heterocycles. The first-order valence-corrected chi connectivity index (χ1v) is 3.37. The Hall–Kier alpha value is -0.220. The lowest BCUT2D eigenvalue weighted by Crippen LogP contribution is -2.23. The van der Waals surface area contributed by atoms with E-state index >= 15 is 0 Å². The highest BCUT2D eigenvalue weighted by Crippen LogP contribution is 2.10. The van der Waals surface area contributed by atoms with Crippen LogP contribution in [0.2, 0.25) is 0 Å². The predicted molar refractivity (Wildman–Crippen MR) is 43.5 cm³/mol. The second kappa shape index (κ2) is 5.56. The van der Waals surface area contributed by atoms with Gasteiger partial charge >= 0.3 is 5.97 Å². The Kier molecular flexibility index (Phi) is 6.92. The standard InChI is InChI=1S/C4H8O2S.C2H6O/c1-4(2,7)3(5)6;1-2-3/h7H,1-2H3,(H,5,6);3H,2H2,1H3. The van der Waals surface area contributed by atoms with Gasteiger partial charge in [-0.1, -0.05) is 0 Å². The van der Waals surface area contributed by atoms with Gasteiger partial charge in [-0.05, 0) is 20.8 Å². The van der Waals surface area contributed by atoms with Gasteiger partial charge in [-0.2, -0.15) is 12.6 Å². The summed E-state index contributed by atoms with van der Waals surface area (Å²) in [7, 11) is 0. The van der Waals surface area contributed by atoms with E-state index in [2.05, 4.69) is 12.6 Å². The summed E-state index contributed by atoms with van der Waals surface area (Å²) < 4.78 is -0.889. The molecule has 2 N–H and O–H groups in total. The zero-order valence-electron chi connectivity index (χ0n) is 6.46. The van der Waals surface area contributed by atoms with Gasteiger partial charge < -0.3 is 10.2 Å². The number of aliphatic hydroxyl groups excluding tert-OH is 1. The van der Waals surface area contributed by atoms with Crippen LogP contribution in [0.15, 0.2) is 0 Å². The summed E-state index contributed by atoms with van der Waals surface area (Å²) in [6.07, 6.45) is 0. The molecule has 0 aliphatic heterocycles. The molecular weight excluding hydrogens is 152 g/mol. The fraction of sp³-hybridized carbons (Fsp3) is 0.833. The molecule has 0 atom stereocenters. The first kappa shape index (κ1) is 12.5. The number of thiol groups is 1. The number of carbonyl (C=O) groups is 1. The Morgan fingerprint density at radius 1 is 1.60 bits per heavy atom. The van der Waals surface area contributed by atoms with Gasteiger partial charge in [-0.25, -0.2) is 0 Å². The first-order valence-electron chi connectivity index (χ1n) is 2.92. The Balaban J connectivity index is 0. The SMILES string of the molecule is CC(C)(S)C(=O)O.CCO. The molecular formula is C6H14O3S. The van der Waals surface area contributed by atoms with E-state index in [0.29, 0.717) is 0 Å². The molecule has 0 saturated heterocycles. The fourth-order valence-corrected chi connectivity index (χ4v) is 0. The summed E-state index contributed by atoms with van der Waals surface area (Å²) in [5.74, 6) is -0.893. The van der Waals surface area contributed by atoms with Gasteiger partial charge in [-0.3, -0.25) is 4.79 Å². The van der Waals surface area contributed by atoms with Crippen molar-refractivity contribution in [1.29, 1.82) is 0 Å². The molecule has 0 aliphatic rings. The first-order chi connectivity index (χ1) is 4.36. The largest absolute Gasteiger partial charge is 0.480 e. The Labute approximate surface area is 66.5 Å². The Bertz CT molecular complexity index is 95.7. The maximum atomic E-state index is 9.94. The lowest BCUT2D eigenvalue weighted by Gasteiger charge is -2.07. The monoisotopic (exact) mass is 166 g/mol. The molecule has 0 saturated carbocycles. The zero-order valence-corrected chi connectivity index (χ0v) is 7.35. The molecule has 0 aromatic carbocycles. The number of carboxylic acid groups (broad SMARTS) is 1. The van der Waals surface area contributed by atoms with Crippen molar-refractivity contribution in [3.8, 4) is 0 Å². The van der Waals surface area contributed by atoms with Crippen LogP contribution in [-0.2, 0) is 4.79 Å². The van der Waals surface area contributed by atoms with Crippen molar-refractivity contribution in [3.63, 3.8) is 0 Å². The van der Waals surface area contributed by atoms with Gasteiger partial charge in [0.15, 0.2) is 0 Å². The van der Waals surface area contributed by atoms with Gasteiger partial charge in [0.2, 0.25) is 0 Å². The second-order valence-corrected chi connectivity index (χ2v) is 3.30. The smallest absolute Gasteiger partial charge is 0.318 e. The molecule has 0 bridgehead atoms. The molecule has 0 aliphatic carbocycles. The van der Waals surface area contributed by atoms with E-state index in [1.165, 1.54) is 13.8 Å². The third-order valence-corrected chi connectivity index (χ3v) is 0.715. The number of aliphatic hydroxyl groups is 1. The van der Waals surface area contributed by atoms with Crippen LogP contribution in [0.25, 0.3) is 0 Å². The molecule has 0 rings (SSSR count). The summed E-state index contributed by atoms with van der Waals surface area (Å²) in [4.78, 5) is 9.94. The molecule has 62 valence electrons. The fourth-order valence-electron chi connectivity index (χ4n) is 0. The maximum absolute atomic E-state index is 9.94.